The molecule has 0 heterocycles. The summed E-state index contributed by atoms with van der Waals surface area (Å²) in [6, 6.07) is 17.3. The van der Waals surface area contributed by atoms with E-state index in [-0.39, 0.29) is 16.3 Å². The molecule has 1 N–H and O–H groups in total. The molecule has 0 bridgehead atoms. The van der Waals surface area contributed by atoms with E-state index in [9.17, 15) is 17.6 Å². The van der Waals surface area contributed by atoms with Crippen molar-refractivity contribution in [2.45, 2.75) is 17.6 Å². The number of aryl methyl sites for hydroxylation is 1. The zero-order valence-corrected chi connectivity index (χ0v) is 22.0. The van der Waals surface area contributed by atoms with Crippen LogP contribution >= 0.6 is 11.8 Å². The maximum absolute atomic E-state index is 13.5. The van der Waals surface area contributed by atoms with Crippen LogP contribution in [0.5, 0.6) is 11.5 Å². The van der Waals surface area contributed by atoms with Crippen LogP contribution in [0.15, 0.2) is 71.6 Å². The van der Waals surface area contributed by atoms with E-state index in [0.29, 0.717) is 18.0 Å². The first-order valence-electron chi connectivity index (χ1n) is 11.1. The number of nitrogens with zero attached hydrogens (tertiary/aromatic N) is 1. The summed E-state index contributed by atoms with van der Waals surface area (Å²) in [6.45, 7) is 1.95. The number of ether oxygens (including phenoxy) is 2. The third kappa shape index (κ3) is 7.14. The van der Waals surface area contributed by atoms with Crippen molar-refractivity contribution in [3.8, 4) is 11.5 Å². The number of anilines is 1. The molecule has 0 saturated heterocycles. The van der Waals surface area contributed by atoms with Crippen LogP contribution in [-0.4, -0.2) is 47.4 Å². The van der Waals surface area contributed by atoms with Crippen molar-refractivity contribution in [3.05, 3.63) is 83.7 Å². The second-order valence-electron chi connectivity index (χ2n) is 7.90. The number of nitrogens with one attached hydrogen (secondary N) is 1. The number of carbonyl (C=O) groups excluding carboxylic acids is 1. The summed E-state index contributed by atoms with van der Waals surface area (Å²) in [6.07, 6.45) is 0. The smallest absolute Gasteiger partial charge is 0.264 e. The summed E-state index contributed by atoms with van der Waals surface area (Å²) in [4.78, 5) is 12.6. The molecule has 0 atom stereocenters. The minimum atomic E-state index is -4.19. The Labute approximate surface area is 215 Å². The fourth-order valence-electron chi connectivity index (χ4n) is 3.47. The molecule has 0 fully saturated rings. The Balaban J connectivity index is 1.71. The highest BCUT2D eigenvalue weighted by Crippen LogP contribution is 2.32. The summed E-state index contributed by atoms with van der Waals surface area (Å²) < 4.78 is 51.9. The van der Waals surface area contributed by atoms with Crippen molar-refractivity contribution in [2.75, 3.05) is 37.4 Å². The lowest BCUT2D eigenvalue weighted by Gasteiger charge is -2.24. The predicted molar refractivity (Wildman–Crippen MR) is 141 cm³/mol. The van der Waals surface area contributed by atoms with Crippen molar-refractivity contribution in [2.24, 2.45) is 0 Å². The summed E-state index contributed by atoms with van der Waals surface area (Å²) in [5.74, 6) is 1.08. The first-order valence-corrected chi connectivity index (χ1v) is 13.7. The highest BCUT2D eigenvalue weighted by atomic mass is 32.2. The van der Waals surface area contributed by atoms with Crippen molar-refractivity contribution in [3.63, 3.8) is 0 Å². The van der Waals surface area contributed by atoms with Gasteiger partial charge in [0, 0.05) is 24.1 Å². The fourth-order valence-corrected chi connectivity index (χ4v) is 5.71. The van der Waals surface area contributed by atoms with E-state index in [1.54, 1.807) is 11.8 Å². The van der Waals surface area contributed by atoms with Gasteiger partial charge in [0.05, 0.1) is 24.8 Å². The molecule has 0 aliphatic carbocycles. The molecule has 0 aliphatic rings. The second-order valence-corrected chi connectivity index (χ2v) is 10.9. The third-order valence-corrected chi connectivity index (χ3v) is 8.06. The van der Waals surface area contributed by atoms with Gasteiger partial charge < -0.3 is 14.8 Å². The molecule has 36 heavy (non-hydrogen) atoms. The van der Waals surface area contributed by atoms with Gasteiger partial charge in [0.2, 0.25) is 5.91 Å². The molecule has 0 radical (unpaired) electrons. The molecule has 0 spiro atoms. The second kappa shape index (κ2) is 12.6. The monoisotopic (exact) mass is 532 g/mol. The summed E-state index contributed by atoms with van der Waals surface area (Å²) in [5, 5.41) is 2.77. The topological polar surface area (TPSA) is 84.9 Å². The van der Waals surface area contributed by atoms with Crippen molar-refractivity contribution >= 4 is 33.4 Å². The zero-order valence-electron chi connectivity index (χ0n) is 20.4. The molecular formula is C26H29FN2O5S2. The summed E-state index contributed by atoms with van der Waals surface area (Å²) in [7, 11) is -1.34. The lowest BCUT2D eigenvalue weighted by molar-refractivity contribution is -0.119. The predicted octanol–water partition coefficient (Wildman–Crippen LogP) is 4.40. The van der Waals surface area contributed by atoms with E-state index < -0.39 is 28.3 Å². The Morgan fingerprint density at radius 3 is 2.39 bits per heavy atom. The van der Waals surface area contributed by atoms with Crippen LogP contribution in [0, 0.1) is 12.7 Å². The van der Waals surface area contributed by atoms with Crippen LogP contribution in [0.3, 0.4) is 0 Å². The molecule has 10 heteroatoms. The molecule has 7 nitrogen and oxygen atoms in total. The number of sulfonamides is 1. The summed E-state index contributed by atoms with van der Waals surface area (Å²) in [5.41, 5.74) is 2.56. The van der Waals surface area contributed by atoms with Gasteiger partial charge in [-0.05, 0) is 48.9 Å². The fraction of sp³-hybridized carbons (Fsp3) is 0.269. The van der Waals surface area contributed by atoms with Gasteiger partial charge in [-0.2, -0.15) is 11.8 Å². The number of halogens is 1. The summed E-state index contributed by atoms with van der Waals surface area (Å²) >= 11 is 1.67. The molecule has 192 valence electrons. The molecule has 1 amide bonds. The van der Waals surface area contributed by atoms with Crippen LogP contribution in [0.2, 0.25) is 0 Å². The van der Waals surface area contributed by atoms with Crippen LogP contribution in [0.1, 0.15) is 11.1 Å². The van der Waals surface area contributed by atoms with Gasteiger partial charge in [0.1, 0.15) is 12.4 Å². The lowest BCUT2D eigenvalue weighted by atomic mass is 10.2. The number of benzene rings is 3. The van der Waals surface area contributed by atoms with Gasteiger partial charge in [-0.1, -0.05) is 29.8 Å². The molecule has 3 aromatic carbocycles. The van der Waals surface area contributed by atoms with Gasteiger partial charge in [-0.3, -0.25) is 9.10 Å². The zero-order chi connectivity index (χ0) is 26.1. The van der Waals surface area contributed by atoms with E-state index in [1.807, 2.05) is 19.1 Å². The normalized spacial score (nSPS) is 11.1. The highest BCUT2D eigenvalue weighted by Gasteiger charge is 2.28. The maximum atomic E-state index is 13.5. The Morgan fingerprint density at radius 1 is 1.00 bits per heavy atom. The number of thioether (sulfide) groups is 1. The quantitative estimate of drug-likeness (QED) is 0.348. The number of rotatable bonds is 12. The highest BCUT2D eigenvalue weighted by molar-refractivity contribution is 7.98. The number of hydrogen-bond donors (Lipinski definition) is 1. The van der Waals surface area contributed by atoms with Gasteiger partial charge in [0.15, 0.2) is 11.5 Å². The number of amides is 1. The Kier molecular flexibility index (Phi) is 9.60. The lowest BCUT2D eigenvalue weighted by Crippen LogP contribution is -2.41. The molecule has 0 saturated carbocycles. The SMILES string of the molecule is COc1ccc(S(=O)(=O)N(CC(=O)NCCSCc2cccc(C)c2)c2ccc(F)cc2)cc1OC. The number of carbonyl (C=O) groups is 1. The van der Waals surface area contributed by atoms with E-state index in [0.717, 1.165) is 22.2 Å². The molecule has 3 aromatic rings. The van der Waals surface area contributed by atoms with E-state index in [2.05, 4.69) is 17.4 Å². The van der Waals surface area contributed by atoms with Crippen molar-refractivity contribution in [1.29, 1.82) is 0 Å². The van der Waals surface area contributed by atoms with Crippen LogP contribution in [-0.2, 0) is 20.6 Å². The third-order valence-electron chi connectivity index (χ3n) is 5.26. The minimum Gasteiger partial charge on any atom is -0.493 e. The van der Waals surface area contributed by atoms with Crippen molar-refractivity contribution in [1.82, 2.24) is 5.32 Å². The largest absolute Gasteiger partial charge is 0.493 e. The minimum absolute atomic E-state index is 0.0917. The van der Waals surface area contributed by atoms with Crippen LogP contribution < -0.4 is 19.1 Å². The Hall–Kier alpha value is -3.24. The van der Waals surface area contributed by atoms with Gasteiger partial charge in [-0.15, -0.1) is 0 Å². The van der Waals surface area contributed by atoms with E-state index in [4.69, 9.17) is 9.47 Å². The first kappa shape index (κ1) is 27.3. The van der Waals surface area contributed by atoms with Crippen LogP contribution in [0.4, 0.5) is 10.1 Å². The standard InChI is InChI=1S/C26H29FN2O5S2/c1-19-5-4-6-20(15-19)18-35-14-13-28-26(30)17-29(22-9-7-21(27)8-10-22)36(31,32)23-11-12-24(33-2)25(16-23)34-3/h4-12,15-16H,13-14,17-18H2,1-3H3,(H,28,30). The molecule has 3 rings (SSSR count). The Bertz CT molecular complexity index is 1280. The van der Waals surface area contributed by atoms with E-state index >= 15 is 0 Å². The van der Waals surface area contributed by atoms with E-state index in [1.165, 1.54) is 55.7 Å². The average molecular weight is 533 g/mol. The maximum Gasteiger partial charge on any atom is 0.264 e. The Morgan fingerprint density at radius 2 is 1.72 bits per heavy atom. The number of hydrogen-bond acceptors (Lipinski definition) is 6. The molecule has 0 aliphatic heterocycles. The average Bonchev–Trinajstić information content (AvgIpc) is 2.87. The molecular weight excluding hydrogens is 503 g/mol. The molecule has 0 aromatic heterocycles. The van der Waals surface area contributed by atoms with Crippen LogP contribution in [0.25, 0.3) is 0 Å². The van der Waals surface area contributed by atoms with Crippen molar-refractivity contribution < 1.29 is 27.1 Å². The first-order chi connectivity index (χ1) is 17.2. The van der Waals surface area contributed by atoms with Gasteiger partial charge >= 0.3 is 0 Å². The number of methoxy groups -OCH3 is 2. The molecule has 0 unspecified atom stereocenters. The van der Waals surface area contributed by atoms with Gasteiger partial charge in [-0.25, -0.2) is 12.8 Å². The van der Waals surface area contributed by atoms with Gasteiger partial charge in [0.25, 0.3) is 10.0 Å².